The van der Waals surface area contributed by atoms with Gasteiger partial charge in [0.2, 0.25) is 0 Å². The smallest absolute Gasteiger partial charge is 0.134 e. The van der Waals surface area contributed by atoms with E-state index in [4.69, 9.17) is 10.2 Å². The number of nitrogen functional groups attached to an aromatic ring is 1. The second-order valence-electron chi connectivity index (χ2n) is 3.25. The first kappa shape index (κ1) is 8.88. The molecule has 1 heterocycles. The molecular formula is C12H13NO. The van der Waals surface area contributed by atoms with Crippen molar-refractivity contribution < 1.29 is 4.42 Å². The molecule has 0 aliphatic heterocycles. The second-order valence-corrected chi connectivity index (χ2v) is 3.25. The highest BCUT2D eigenvalue weighted by molar-refractivity contribution is 5.66. The maximum atomic E-state index is 5.75. The maximum absolute atomic E-state index is 5.75. The minimum atomic E-state index is 0.772. The first-order valence-electron chi connectivity index (χ1n) is 4.73. The van der Waals surface area contributed by atoms with Gasteiger partial charge in [0.05, 0.1) is 6.26 Å². The summed E-state index contributed by atoms with van der Waals surface area (Å²) >= 11 is 0. The zero-order valence-electron chi connectivity index (χ0n) is 8.16. The number of hydrogen-bond acceptors (Lipinski definition) is 2. The van der Waals surface area contributed by atoms with Crippen LogP contribution in [0.3, 0.4) is 0 Å². The first-order chi connectivity index (χ1) is 6.81. The van der Waals surface area contributed by atoms with Gasteiger partial charge in [0.15, 0.2) is 0 Å². The van der Waals surface area contributed by atoms with E-state index in [1.165, 1.54) is 5.56 Å². The van der Waals surface area contributed by atoms with E-state index in [1.807, 2.05) is 30.3 Å². The van der Waals surface area contributed by atoms with E-state index in [0.717, 1.165) is 23.4 Å². The lowest BCUT2D eigenvalue weighted by atomic mass is 10.0. The van der Waals surface area contributed by atoms with Gasteiger partial charge in [0.25, 0.3) is 0 Å². The predicted molar refractivity (Wildman–Crippen MR) is 57.9 cm³/mol. The van der Waals surface area contributed by atoms with Gasteiger partial charge in [-0.1, -0.05) is 13.0 Å². The molecule has 1 aromatic heterocycles. The minimum Gasteiger partial charge on any atom is -0.464 e. The molecule has 0 aliphatic carbocycles. The molecule has 0 aliphatic rings. The summed E-state index contributed by atoms with van der Waals surface area (Å²) in [6.07, 6.45) is 2.66. The monoisotopic (exact) mass is 187 g/mol. The Hall–Kier alpha value is -1.70. The van der Waals surface area contributed by atoms with Crippen LogP contribution in [0.15, 0.2) is 41.0 Å². The number of nitrogens with two attached hydrogens (primary N) is 1. The van der Waals surface area contributed by atoms with Crippen LogP contribution in [0.4, 0.5) is 5.69 Å². The Labute approximate surface area is 83.4 Å². The average Bonchev–Trinajstić information content (AvgIpc) is 2.70. The molecule has 2 heteroatoms. The summed E-state index contributed by atoms with van der Waals surface area (Å²) < 4.78 is 5.36. The van der Waals surface area contributed by atoms with Crippen molar-refractivity contribution in [3.8, 4) is 11.3 Å². The molecule has 0 atom stereocenters. The van der Waals surface area contributed by atoms with E-state index >= 15 is 0 Å². The number of benzene rings is 1. The van der Waals surface area contributed by atoms with Crippen LogP contribution in [-0.4, -0.2) is 0 Å². The van der Waals surface area contributed by atoms with Crippen molar-refractivity contribution in [1.82, 2.24) is 0 Å². The molecule has 0 spiro atoms. The molecular weight excluding hydrogens is 174 g/mol. The van der Waals surface area contributed by atoms with Gasteiger partial charge in [-0.25, -0.2) is 0 Å². The van der Waals surface area contributed by atoms with E-state index < -0.39 is 0 Å². The zero-order valence-corrected chi connectivity index (χ0v) is 8.16. The number of furan rings is 1. The van der Waals surface area contributed by atoms with Crippen molar-refractivity contribution >= 4 is 5.69 Å². The second kappa shape index (κ2) is 3.58. The van der Waals surface area contributed by atoms with Crippen molar-refractivity contribution in [2.45, 2.75) is 13.3 Å². The fraction of sp³-hybridized carbons (Fsp3) is 0.167. The molecule has 0 fully saturated rings. The van der Waals surface area contributed by atoms with E-state index in [-0.39, 0.29) is 0 Å². The molecule has 2 aromatic rings. The van der Waals surface area contributed by atoms with Crippen LogP contribution in [0.2, 0.25) is 0 Å². The average molecular weight is 187 g/mol. The molecule has 0 amide bonds. The third-order valence-electron chi connectivity index (χ3n) is 2.30. The summed E-state index contributed by atoms with van der Waals surface area (Å²) in [4.78, 5) is 0. The summed E-state index contributed by atoms with van der Waals surface area (Å²) in [6, 6.07) is 9.77. The number of rotatable bonds is 2. The van der Waals surface area contributed by atoms with Gasteiger partial charge in [-0.2, -0.15) is 0 Å². The number of hydrogen-bond donors (Lipinski definition) is 1. The van der Waals surface area contributed by atoms with Crippen molar-refractivity contribution in [3.63, 3.8) is 0 Å². The normalized spacial score (nSPS) is 10.4. The molecule has 0 radical (unpaired) electrons. The van der Waals surface area contributed by atoms with Crippen molar-refractivity contribution in [2.75, 3.05) is 5.73 Å². The maximum Gasteiger partial charge on any atom is 0.134 e. The van der Waals surface area contributed by atoms with Gasteiger partial charge in [0.1, 0.15) is 5.76 Å². The standard InChI is InChI=1S/C12H13NO/c1-2-9-5-6-10(13)8-11(9)12-4-3-7-14-12/h3-8H,2,13H2,1H3. The summed E-state index contributed by atoms with van der Waals surface area (Å²) in [5, 5.41) is 0. The zero-order chi connectivity index (χ0) is 9.97. The molecule has 0 unspecified atom stereocenters. The lowest BCUT2D eigenvalue weighted by molar-refractivity contribution is 0.581. The van der Waals surface area contributed by atoms with Gasteiger partial charge in [-0.05, 0) is 36.2 Å². The van der Waals surface area contributed by atoms with E-state index in [1.54, 1.807) is 6.26 Å². The van der Waals surface area contributed by atoms with Crippen molar-refractivity contribution in [3.05, 3.63) is 42.2 Å². The van der Waals surface area contributed by atoms with Crippen LogP contribution < -0.4 is 5.73 Å². The topological polar surface area (TPSA) is 39.2 Å². The predicted octanol–water partition coefficient (Wildman–Crippen LogP) is 3.09. The Morgan fingerprint density at radius 3 is 2.79 bits per heavy atom. The molecule has 2 rings (SSSR count). The summed E-state index contributed by atoms with van der Waals surface area (Å²) in [5.74, 6) is 0.883. The van der Waals surface area contributed by atoms with Gasteiger partial charge in [0, 0.05) is 11.3 Å². The Bertz CT molecular complexity index is 418. The van der Waals surface area contributed by atoms with Crippen molar-refractivity contribution in [1.29, 1.82) is 0 Å². The van der Waals surface area contributed by atoms with E-state index in [9.17, 15) is 0 Å². The van der Waals surface area contributed by atoms with Crippen LogP contribution in [0.25, 0.3) is 11.3 Å². The molecule has 14 heavy (non-hydrogen) atoms. The van der Waals surface area contributed by atoms with Crippen LogP contribution in [0.1, 0.15) is 12.5 Å². The third-order valence-corrected chi connectivity index (χ3v) is 2.30. The van der Waals surface area contributed by atoms with Crippen LogP contribution in [-0.2, 0) is 6.42 Å². The van der Waals surface area contributed by atoms with Gasteiger partial charge in [-0.3, -0.25) is 0 Å². The molecule has 0 saturated heterocycles. The fourth-order valence-corrected chi connectivity index (χ4v) is 1.56. The van der Waals surface area contributed by atoms with Crippen molar-refractivity contribution in [2.24, 2.45) is 0 Å². The van der Waals surface area contributed by atoms with Gasteiger partial charge in [-0.15, -0.1) is 0 Å². The lowest BCUT2D eigenvalue weighted by Crippen LogP contribution is -1.90. The fourth-order valence-electron chi connectivity index (χ4n) is 1.56. The van der Waals surface area contributed by atoms with Crippen LogP contribution in [0.5, 0.6) is 0 Å². The van der Waals surface area contributed by atoms with Gasteiger partial charge < -0.3 is 10.2 Å². The Morgan fingerprint density at radius 1 is 1.29 bits per heavy atom. The third kappa shape index (κ3) is 1.51. The Morgan fingerprint density at radius 2 is 2.14 bits per heavy atom. The Kier molecular flexibility index (Phi) is 2.27. The quantitative estimate of drug-likeness (QED) is 0.734. The summed E-state index contributed by atoms with van der Waals surface area (Å²) in [5.41, 5.74) is 8.87. The lowest BCUT2D eigenvalue weighted by Gasteiger charge is -2.05. The molecule has 0 bridgehead atoms. The highest BCUT2D eigenvalue weighted by atomic mass is 16.3. The molecule has 72 valence electrons. The highest BCUT2D eigenvalue weighted by Gasteiger charge is 2.06. The number of aryl methyl sites for hydroxylation is 1. The van der Waals surface area contributed by atoms with E-state index in [0.29, 0.717) is 0 Å². The first-order valence-corrected chi connectivity index (χ1v) is 4.73. The summed E-state index contributed by atoms with van der Waals surface area (Å²) in [7, 11) is 0. The molecule has 2 N–H and O–H groups in total. The van der Waals surface area contributed by atoms with Crippen LogP contribution >= 0.6 is 0 Å². The largest absolute Gasteiger partial charge is 0.464 e. The van der Waals surface area contributed by atoms with Crippen LogP contribution in [0, 0.1) is 0 Å². The highest BCUT2D eigenvalue weighted by Crippen LogP contribution is 2.26. The number of anilines is 1. The molecule has 0 saturated carbocycles. The molecule has 1 aromatic carbocycles. The van der Waals surface area contributed by atoms with Gasteiger partial charge >= 0.3 is 0 Å². The Balaban J connectivity index is 2.55. The minimum absolute atomic E-state index is 0.772. The van der Waals surface area contributed by atoms with E-state index in [2.05, 4.69) is 6.92 Å². The molecule has 2 nitrogen and oxygen atoms in total. The summed E-state index contributed by atoms with van der Waals surface area (Å²) in [6.45, 7) is 2.12. The SMILES string of the molecule is CCc1ccc(N)cc1-c1ccco1.